The van der Waals surface area contributed by atoms with Crippen LogP contribution in [0.5, 0.6) is 0 Å². The molecule has 1 aromatic carbocycles. The van der Waals surface area contributed by atoms with Gasteiger partial charge in [-0.2, -0.15) is 0 Å². The van der Waals surface area contributed by atoms with Crippen LogP contribution >= 0.6 is 0 Å². The number of hydrogen-bond acceptors (Lipinski definition) is 3. The van der Waals surface area contributed by atoms with Crippen molar-refractivity contribution in [1.29, 1.82) is 0 Å². The highest BCUT2D eigenvalue weighted by Crippen LogP contribution is 2.26. The number of carbonyl (C=O) groups excluding carboxylic acids is 1. The van der Waals surface area contributed by atoms with Crippen LogP contribution in [0.1, 0.15) is 55.8 Å². The van der Waals surface area contributed by atoms with Gasteiger partial charge in [0.25, 0.3) is 0 Å². The molecule has 1 aliphatic heterocycles. The molecule has 1 fully saturated rings. The summed E-state index contributed by atoms with van der Waals surface area (Å²) in [6, 6.07) is 6.43. The first-order valence-corrected chi connectivity index (χ1v) is 10.9. The van der Waals surface area contributed by atoms with E-state index in [2.05, 4.69) is 23.5 Å². The van der Waals surface area contributed by atoms with Crippen molar-refractivity contribution < 1.29 is 13.2 Å². The van der Waals surface area contributed by atoms with E-state index in [1.807, 2.05) is 6.92 Å². The summed E-state index contributed by atoms with van der Waals surface area (Å²) in [5.74, 6) is -0.205. The summed E-state index contributed by atoms with van der Waals surface area (Å²) in [6.07, 6.45) is 4.98. The molecule has 0 spiro atoms. The first kappa shape index (κ1) is 18.4. The van der Waals surface area contributed by atoms with E-state index in [-0.39, 0.29) is 23.6 Å². The van der Waals surface area contributed by atoms with Crippen LogP contribution in [0.2, 0.25) is 0 Å². The summed E-state index contributed by atoms with van der Waals surface area (Å²) < 4.78 is 25.6. The van der Waals surface area contributed by atoms with Gasteiger partial charge in [0.15, 0.2) is 0 Å². The van der Waals surface area contributed by atoms with E-state index in [1.54, 1.807) is 6.92 Å². The van der Waals surface area contributed by atoms with E-state index < -0.39 is 10.0 Å². The first-order valence-electron chi connectivity index (χ1n) is 9.30. The van der Waals surface area contributed by atoms with Crippen LogP contribution < -0.4 is 5.32 Å². The monoisotopic (exact) mass is 364 g/mol. The van der Waals surface area contributed by atoms with E-state index in [1.165, 1.54) is 21.9 Å². The van der Waals surface area contributed by atoms with Crippen LogP contribution in [-0.4, -0.2) is 37.5 Å². The van der Waals surface area contributed by atoms with Crippen molar-refractivity contribution in [3.05, 3.63) is 34.9 Å². The minimum atomic E-state index is -3.22. The molecule has 0 bridgehead atoms. The van der Waals surface area contributed by atoms with Crippen LogP contribution in [0.15, 0.2) is 18.2 Å². The summed E-state index contributed by atoms with van der Waals surface area (Å²) in [5.41, 5.74) is 3.95. The van der Waals surface area contributed by atoms with Gasteiger partial charge in [0.05, 0.1) is 17.7 Å². The fraction of sp³-hybridized carbons (Fsp3) is 0.632. The van der Waals surface area contributed by atoms with Crippen LogP contribution in [-0.2, 0) is 27.7 Å². The molecule has 6 heteroatoms. The molecule has 2 aliphatic rings. The van der Waals surface area contributed by atoms with Crippen molar-refractivity contribution in [3.8, 4) is 0 Å². The number of nitrogens with zero attached hydrogens (tertiary/aromatic N) is 1. The summed E-state index contributed by atoms with van der Waals surface area (Å²) >= 11 is 0. The SMILES string of the molecule is CCS(=O)(=O)N1CCC[C@H](C(=O)N[C@@H](C)c2ccc3c(c2)CCC3)C1. The molecule has 1 aromatic rings. The van der Waals surface area contributed by atoms with E-state index in [4.69, 9.17) is 0 Å². The molecule has 25 heavy (non-hydrogen) atoms. The maximum Gasteiger partial charge on any atom is 0.224 e. The predicted molar refractivity (Wildman–Crippen MR) is 98.8 cm³/mol. The highest BCUT2D eigenvalue weighted by molar-refractivity contribution is 7.89. The summed E-state index contributed by atoms with van der Waals surface area (Å²) in [4.78, 5) is 12.6. The lowest BCUT2D eigenvalue weighted by Crippen LogP contribution is -2.46. The van der Waals surface area contributed by atoms with Crippen molar-refractivity contribution in [2.24, 2.45) is 5.92 Å². The van der Waals surface area contributed by atoms with Gasteiger partial charge in [-0.15, -0.1) is 0 Å². The highest BCUT2D eigenvalue weighted by Gasteiger charge is 2.32. The lowest BCUT2D eigenvalue weighted by Gasteiger charge is -2.31. The largest absolute Gasteiger partial charge is 0.349 e. The molecule has 138 valence electrons. The molecule has 5 nitrogen and oxygen atoms in total. The van der Waals surface area contributed by atoms with E-state index >= 15 is 0 Å². The average molecular weight is 365 g/mol. The van der Waals surface area contributed by atoms with Gasteiger partial charge in [0, 0.05) is 13.1 Å². The summed E-state index contributed by atoms with van der Waals surface area (Å²) in [6.45, 7) is 4.48. The normalized spacial score (nSPS) is 22.4. The molecule has 0 saturated carbocycles. The Hall–Kier alpha value is -1.40. The first-order chi connectivity index (χ1) is 11.9. The molecule has 2 atom stereocenters. The Balaban J connectivity index is 1.63. The van der Waals surface area contributed by atoms with E-state index in [0.717, 1.165) is 31.2 Å². The number of amides is 1. The fourth-order valence-electron chi connectivity index (χ4n) is 3.87. The Morgan fingerprint density at radius 1 is 1.28 bits per heavy atom. The molecular weight excluding hydrogens is 336 g/mol. The number of aryl methyl sites for hydroxylation is 2. The third-order valence-electron chi connectivity index (χ3n) is 5.49. The maximum absolute atomic E-state index is 12.6. The molecule has 1 heterocycles. The Morgan fingerprint density at radius 3 is 2.80 bits per heavy atom. The van der Waals surface area contributed by atoms with Gasteiger partial charge < -0.3 is 5.32 Å². The number of nitrogens with one attached hydrogen (secondary N) is 1. The van der Waals surface area contributed by atoms with Crippen LogP contribution in [0.25, 0.3) is 0 Å². The number of sulfonamides is 1. The second-order valence-corrected chi connectivity index (χ2v) is 9.47. The Bertz CT molecular complexity index is 745. The van der Waals surface area contributed by atoms with Gasteiger partial charge in [-0.3, -0.25) is 4.79 Å². The molecule has 0 unspecified atom stereocenters. The zero-order valence-corrected chi connectivity index (χ0v) is 15.9. The molecule has 1 saturated heterocycles. The number of benzene rings is 1. The zero-order valence-electron chi connectivity index (χ0n) is 15.1. The van der Waals surface area contributed by atoms with E-state index in [0.29, 0.717) is 13.1 Å². The Kier molecular flexibility index (Phi) is 5.49. The third kappa shape index (κ3) is 4.06. The van der Waals surface area contributed by atoms with Crippen LogP contribution in [0.3, 0.4) is 0 Å². The predicted octanol–water partition coefficient (Wildman–Crippen LogP) is 2.41. The quantitative estimate of drug-likeness (QED) is 0.872. The lowest BCUT2D eigenvalue weighted by molar-refractivity contribution is -0.126. The molecule has 1 N–H and O–H groups in total. The average Bonchev–Trinajstić information content (AvgIpc) is 3.09. The molecular formula is C19H28N2O3S. The van der Waals surface area contributed by atoms with Gasteiger partial charge in [-0.1, -0.05) is 18.2 Å². The minimum Gasteiger partial charge on any atom is -0.349 e. The zero-order chi connectivity index (χ0) is 18.0. The van der Waals surface area contributed by atoms with Gasteiger partial charge in [0.2, 0.25) is 15.9 Å². The number of piperidine rings is 1. The highest BCUT2D eigenvalue weighted by atomic mass is 32.2. The standard InChI is InChI=1S/C19H28N2O3S/c1-3-25(23,24)21-11-5-8-18(13-21)19(22)20-14(2)16-10-9-15-6-4-7-17(15)12-16/h9-10,12,14,18H,3-8,11,13H2,1-2H3,(H,20,22)/t14-,18-/m0/s1. The minimum absolute atomic E-state index is 0.0380. The topological polar surface area (TPSA) is 66.5 Å². The van der Waals surface area contributed by atoms with Crippen LogP contribution in [0, 0.1) is 5.92 Å². The van der Waals surface area contributed by atoms with Gasteiger partial charge in [-0.05, 0) is 62.6 Å². The smallest absolute Gasteiger partial charge is 0.224 e. The van der Waals surface area contributed by atoms with Gasteiger partial charge in [0.1, 0.15) is 0 Å². The van der Waals surface area contributed by atoms with Crippen molar-refractivity contribution in [2.45, 2.75) is 52.0 Å². The summed E-state index contributed by atoms with van der Waals surface area (Å²) in [5, 5.41) is 3.09. The van der Waals surface area contributed by atoms with Crippen molar-refractivity contribution in [1.82, 2.24) is 9.62 Å². The lowest BCUT2D eigenvalue weighted by atomic mass is 9.97. The Morgan fingerprint density at radius 2 is 2.04 bits per heavy atom. The molecule has 0 aromatic heterocycles. The fourth-order valence-corrected chi connectivity index (χ4v) is 5.05. The van der Waals surface area contributed by atoms with Crippen molar-refractivity contribution >= 4 is 15.9 Å². The molecule has 1 aliphatic carbocycles. The molecule has 0 radical (unpaired) electrons. The second-order valence-electron chi connectivity index (χ2n) is 7.21. The van der Waals surface area contributed by atoms with E-state index in [9.17, 15) is 13.2 Å². The maximum atomic E-state index is 12.6. The number of carbonyl (C=O) groups is 1. The molecule has 3 rings (SSSR count). The summed E-state index contributed by atoms with van der Waals surface area (Å²) in [7, 11) is -3.22. The molecule has 1 amide bonds. The number of rotatable bonds is 5. The van der Waals surface area contributed by atoms with Crippen molar-refractivity contribution in [3.63, 3.8) is 0 Å². The number of fused-ring (bicyclic) bond motifs is 1. The second kappa shape index (κ2) is 7.46. The Labute approximate surface area is 150 Å². The van der Waals surface area contributed by atoms with Gasteiger partial charge >= 0.3 is 0 Å². The number of hydrogen-bond donors (Lipinski definition) is 1. The third-order valence-corrected chi connectivity index (χ3v) is 7.34. The van der Waals surface area contributed by atoms with Crippen molar-refractivity contribution in [2.75, 3.05) is 18.8 Å². The van der Waals surface area contributed by atoms with Crippen LogP contribution in [0.4, 0.5) is 0 Å². The van der Waals surface area contributed by atoms with Gasteiger partial charge in [-0.25, -0.2) is 12.7 Å².